The Morgan fingerprint density at radius 2 is 1.90 bits per heavy atom. The first kappa shape index (κ1) is 13.1. The van der Waals surface area contributed by atoms with Crippen LogP contribution in [0.4, 0.5) is 13.2 Å². The molecule has 7 heteroatoms. The number of hydrogen-bond donors (Lipinski definition) is 0. The number of fused-ring (bicyclic) bond motifs is 1. The molecule has 102 valence electrons. The van der Waals surface area contributed by atoms with Crippen LogP contribution in [0.2, 0.25) is 0 Å². The third-order valence-electron chi connectivity index (χ3n) is 2.84. The van der Waals surface area contributed by atoms with Crippen LogP contribution in [0.5, 0.6) is 0 Å². The summed E-state index contributed by atoms with van der Waals surface area (Å²) in [6, 6.07) is 8.58. The summed E-state index contributed by atoms with van der Waals surface area (Å²) in [5.74, 6) is 0. The Morgan fingerprint density at radius 3 is 2.65 bits per heavy atom. The standard InChI is InChI=1S/C13H7BrF3N3/c14-12-18-11-10(5-2-6-20(11)19-12)8-3-1-4-9(7-8)13(15,16)17/h1-7H. The number of halogens is 4. The van der Waals surface area contributed by atoms with Crippen LogP contribution in [0.1, 0.15) is 5.56 Å². The van der Waals surface area contributed by atoms with Crippen molar-refractivity contribution >= 4 is 21.6 Å². The zero-order valence-corrected chi connectivity index (χ0v) is 11.5. The van der Waals surface area contributed by atoms with Gasteiger partial charge >= 0.3 is 6.18 Å². The fourth-order valence-corrected chi connectivity index (χ4v) is 2.31. The normalized spacial score (nSPS) is 12.0. The highest BCUT2D eigenvalue weighted by Crippen LogP contribution is 2.33. The Bertz CT molecular complexity index is 780. The van der Waals surface area contributed by atoms with Gasteiger partial charge in [-0.1, -0.05) is 12.1 Å². The summed E-state index contributed by atoms with van der Waals surface area (Å²) in [4.78, 5) is 4.17. The van der Waals surface area contributed by atoms with E-state index in [4.69, 9.17) is 0 Å². The van der Waals surface area contributed by atoms with Gasteiger partial charge in [-0.3, -0.25) is 0 Å². The van der Waals surface area contributed by atoms with Crippen molar-refractivity contribution in [2.75, 3.05) is 0 Å². The van der Waals surface area contributed by atoms with Crippen molar-refractivity contribution < 1.29 is 13.2 Å². The molecule has 3 rings (SSSR count). The van der Waals surface area contributed by atoms with E-state index in [-0.39, 0.29) is 0 Å². The zero-order chi connectivity index (χ0) is 14.3. The van der Waals surface area contributed by atoms with Crippen molar-refractivity contribution in [2.24, 2.45) is 0 Å². The molecule has 3 nitrogen and oxygen atoms in total. The van der Waals surface area contributed by atoms with E-state index < -0.39 is 11.7 Å². The number of alkyl halides is 3. The Balaban J connectivity index is 2.21. The quantitative estimate of drug-likeness (QED) is 0.664. The molecule has 3 aromatic rings. The topological polar surface area (TPSA) is 30.2 Å². The number of benzene rings is 1. The summed E-state index contributed by atoms with van der Waals surface area (Å²) in [7, 11) is 0. The molecule has 0 spiro atoms. The molecule has 0 fully saturated rings. The van der Waals surface area contributed by atoms with Gasteiger partial charge in [-0.15, -0.1) is 5.10 Å². The highest BCUT2D eigenvalue weighted by molar-refractivity contribution is 9.10. The maximum atomic E-state index is 12.8. The maximum absolute atomic E-state index is 12.8. The van der Waals surface area contributed by atoms with Gasteiger partial charge in [-0.05, 0) is 45.8 Å². The van der Waals surface area contributed by atoms with Crippen molar-refractivity contribution in [3.63, 3.8) is 0 Å². The fraction of sp³-hybridized carbons (Fsp3) is 0.0769. The van der Waals surface area contributed by atoms with Crippen LogP contribution in [0.15, 0.2) is 47.3 Å². The lowest BCUT2D eigenvalue weighted by molar-refractivity contribution is -0.137. The van der Waals surface area contributed by atoms with E-state index in [0.29, 0.717) is 21.5 Å². The summed E-state index contributed by atoms with van der Waals surface area (Å²) in [6.45, 7) is 0. The van der Waals surface area contributed by atoms with Crippen LogP contribution in [0, 0.1) is 0 Å². The third kappa shape index (κ3) is 2.29. The molecule has 0 aliphatic heterocycles. The summed E-state index contributed by atoms with van der Waals surface area (Å²) in [5.41, 5.74) is 0.858. The van der Waals surface area contributed by atoms with Crippen LogP contribution in [-0.4, -0.2) is 14.6 Å². The lowest BCUT2D eigenvalue weighted by Gasteiger charge is -2.09. The average Bonchev–Trinajstić information content (AvgIpc) is 2.77. The zero-order valence-electron chi connectivity index (χ0n) is 9.89. The Kier molecular flexibility index (Phi) is 3.01. The molecule has 20 heavy (non-hydrogen) atoms. The van der Waals surface area contributed by atoms with Gasteiger partial charge in [0.05, 0.1) is 5.56 Å². The molecule has 0 aliphatic rings. The largest absolute Gasteiger partial charge is 0.416 e. The monoisotopic (exact) mass is 341 g/mol. The lowest BCUT2D eigenvalue weighted by Crippen LogP contribution is -2.04. The minimum Gasteiger partial charge on any atom is -0.219 e. The molecule has 1 aromatic carbocycles. The predicted octanol–water partition coefficient (Wildman–Crippen LogP) is 4.18. The number of rotatable bonds is 1. The Hall–Kier alpha value is -1.89. The smallest absolute Gasteiger partial charge is 0.219 e. The lowest BCUT2D eigenvalue weighted by atomic mass is 10.0. The molecule has 0 saturated carbocycles. The van der Waals surface area contributed by atoms with Crippen molar-refractivity contribution in [1.82, 2.24) is 14.6 Å². The van der Waals surface area contributed by atoms with Crippen LogP contribution >= 0.6 is 15.9 Å². The summed E-state index contributed by atoms with van der Waals surface area (Å²) in [6.07, 6.45) is -2.68. The number of aromatic nitrogens is 3. The molecular weight excluding hydrogens is 335 g/mol. The molecule has 0 bridgehead atoms. The molecular formula is C13H7BrF3N3. The van der Waals surface area contributed by atoms with Crippen molar-refractivity contribution in [3.8, 4) is 11.1 Å². The molecule has 2 aromatic heterocycles. The van der Waals surface area contributed by atoms with Gasteiger partial charge in [-0.2, -0.15) is 13.2 Å². The van der Waals surface area contributed by atoms with Gasteiger partial charge in [0.15, 0.2) is 5.65 Å². The number of pyridine rings is 1. The van der Waals surface area contributed by atoms with Gasteiger partial charge in [0.1, 0.15) is 0 Å². The molecule has 2 heterocycles. The third-order valence-corrected chi connectivity index (χ3v) is 3.17. The van der Waals surface area contributed by atoms with Gasteiger partial charge < -0.3 is 0 Å². The van der Waals surface area contributed by atoms with Gasteiger partial charge in [0.2, 0.25) is 4.73 Å². The second-order valence-corrected chi connectivity index (χ2v) is 4.86. The van der Waals surface area contributed by atoms with E-state index in [1.807, 2.05) is 0 Å². The fourth-order valence-electron chi connectivity index (χ4n) is 1.97. The second-order valence-electron chi connectivity index (χ2n) is 4.15. The van der Waals surface area contributed by atoms with E-state index in [0.717, 1.165) is 12.1 Å². The van der Waals surface area contributed by atoms with Gasteiger partial charge in [-0.25, -0.2) is 9.50 Å². The van der Waals surface area contributed by atoms with Crippen molar-refractivity contribution in [3.05, 3.63) is 52.9 Å². The van der Waals surface area contributed by atoms with E-state index in [1.54, 1.807) is 24.4 Å². The highest BCUT2D eigenvalue weighted by Gasteiger charge is 2.30. The summed E-state index contributed by atoms with van der Waals surface area (Å²) >= 11 is 3.15. The van der Waals surface area contributed by atoms with Crippen LogP contribution in [0.3, 0.4) is 0 Å². The van der Waals surface area contributed by atoms with Crippen molar-refractivity contribution in [2.45, 2.75) is 6.18 Å². The van der Waals surface area contributed by atoms with Gasteiger partial charge in [0.25, 0.3) is 0 Å². The first-order chi connectivity index (χ1) is 9.45. The van der Waals surface area contributed by atoms with Crippen molar-refractivity contribution in [1.29, 1.82) is 0 Å². The first-order valence-corrected chi connectivity index (χ1v) is 6.43. The second kappa shape index (κ2) is 4.59. The van der Waals surface area contributed by atoms with Crippen LogP contribution < -0.4 is 0 Å². The molecule has 0 unspecified atom stereocenters. The van der Waals surface area contributed by atoms with E-state index in [2.05, 4.69) is 26.0 Å². The van der Waals surface area contributed by atoms with E-state index in [1.165, 1.54) is 10.6 Å². The maximum Gasteiger partial charge on any atom is 0.416 e. The summed E-state index contributed by atoms with van der Waals surface area (Å²) < 4.78 is 40.2. The Morgan fingerprint density at radius 1 is 1.10 bits per heavy atom. The SMILES string of the molecule is FC(F)(F)c1cccc(-c2cccn3nc(Br)nc23)c1. The number of nitrogens with zero attached hydrogens (tertiary/aromatic N) is 3. The highest BCUT2D eigenvalue weighted by atomic mass is 79.9. The first-order valence-electron chi connectivity index (χ1n) is 5.64. The molecule has 0 N–H and O–H groups in total. The minimum atomic E-state index is -4.37. The van der Waals surface area contributed by atoms with Crippen LogP contribution in [0.25, 0.3) is 16.8 Å². The molecule has 0 radical (unpaired) electrons. The molecule has 0 amide bonds. The average molecular weight is 342 g/mol. The molecule has 0 aliphatic carbocycles. The van der Waals surface area contributed by atoms with Gasteiger partial charge in [0, 0.05) is 11.8 Å². The molecule has 0 saturated heterocycles. The summed E-state index contributed by atoms with van der Waals surface area (Å²) in [5, 5.41) is 4.07. The van der Waals surface area contributed by atoms with E-state index in [9.17, 15) is 13.2 Å². The predicted molar refractivity (Wildman–Crippen MR) is 71.1 cm³/mol. The molecule has 0 atom stereocenters. The number of hydrogen-bond acceptors (Lipinski definition) is 2. The minimum absolute atomic E-state index is 0.386. The van der Waals surface area contributed by atoms with Crippen LogP contribution in [-0.2, 0) is 6.18 Å². The Labute approximate surface area is 120 Å². The van der Waals surface area contributed by atoms with E-state index >= 15 is 0 Å².